The van der Waals surface area contributed by atoms with Gasteiger partial charge in [-0.25, -0.2) is 0 Å². The molecule has 0 aliphatic carbocycles. The van der Waals surface area contributed by atoms with Crippen LogP contribution in [0.3, 0.4) is 0 Å². The van der Waals surface area contributed by atoms with Crippen molar-refractivity contribution < 1.29 is 9.59 Å². The highest BCUT2D eigenvalue weighted by Crippen LogP contribution is 2.06. The maximum absolute atomic E-state index is 11.6. The van der Waals surface area contributed by atoms with Gasteiger partial charge in [0.05, 0.1) is 0 Å². The minimum absolute atomic E-state index is 0.00172. The monoisotopic (exact) mass is 280 g/mol. The molecule has 4 nitrogen and oxygen atoms in total. The Morgan fingerprint density at radius 1 is 1.26 bits per heavy atom. The maximum atomic E-state index is 11.6. The van der Waals surface area contributed by atoms with E-state index >= 15 is 0 Å². The lowest BCUT2D eigenvalue weighted by atomic mass is 10.2. The molecule has 0 saturated carbocycles. The van der Waals surface area contributed by atoms with Gasteiger partial charge in [-0.05, 0) is 18.4 Å². The Bertz CT molecular complexity index is 409. The van der Waals surface area contributed by atoms with Gasteiger partial charge >= 0.3 is 0 Å². The molecule has 1 aromatic rings. The third-order valence-corrected chi connectivity index (χ3v) is 3.41. The summed E-state index contributed by atoms with van der Waals surface area (Å²) in [6, 6.07) is 9.28. The molecule has 0 aromatic heterocycles. The number of benzene rings is 1. The van der Waals surface area contributed by atoms with Gasteiger partial charge in [0, 0.05) is 30.3 Å². The van der Waals surface area contributed by atoms with Crippen LogP contribution < -0.4 is 10.6 Å². The van der Waals surface area contributed by atoms with E-state index in [1.807, 2.05) is 43.5 Å². The molecule has 0 radical (unpaired) electrons. The van der Waals surface area contributed by atoms with Crippen LogP contribution in [0.4, 0.5) is 5.69 Å². The number of hydrogen-bond acceptors (Lipinski definition) is 3. The van der Waals surface area contributed by atoms with Crippen LogP contribution in [0.25, 0.3) is 0 Å². The molecular formula is C14H20N2O2S. The molecular weight excluding hydrogens is 260 g/mol. The number of amides is 2. The molecule has 19 heavy (non-hydrogen) atoms. The van der Waals surface area contributed by atoms with Crippen molar-refractivity contribution in [2.24, 2.45) is 5.92 Å². The van der Waals surface area contributed by atoms with Gasteiger partial charge in [-0.2, -0.15) is 11.8 Å². The Balaban J connectivity index is 2.22. The summed E-state index contributed by atoms with van der Waals surface area (Å²) in [5.41, 5.74) is 0.773. The third-order valence-electron chi connectivity index (χ3n) is 2.57. The van der Waals surface area contributed by atoms with Gasteiger partial charge in [-0.1, -0.05) is 25.1 Å². The maximum Gasteiger partial charge on any atom is 0.226 e. The zero-order chi connectivity index (χ0) is 14.1. The zero-order valence-electron chi connectivity index (χ0n) is 11.3. The molecule has 0 aliphatic heterocycles. The van der Waals surface area contributed by atoms with Crippen molar-refractivity contribution in [1.29, 1.82) is 0 Å². The van der Waals surface area contributed by atoms with Crippen molar-refractivity contribution in [3.8, 4) is 0 Å². The van der Waals surface area contributed by atoms with Crippen LogP contribution in [-0.4, -0.2) is 30.4 Å². The van der Waals surface area contributed by atoms with E-state index in [0.29, 0.717) is 6.54 Å². The fourth-order valence-electron chi connectivity index (χ4n) is 1.54. The zero-order valence-corrected chi connectivity index (χ0v) is 12.1. The molecule has 1 aromatic carbocycles. The molecule has 0 unspecified atom stereocenters. The fraction of sp³-hybridized carbons (Fsp3) is 0.429. The molecule has 2 N–H and O–H groups in total. The first-order valence-corrected chi connectivity index (χ1v) is 7.64. The average molecular weight is 280 g/mol. The molecule has 5 heteroatoms. The van der Waals surface area contributed by atoms with Gasteiger partial charge < -0.3 is 10.6 Å². The largest absolute Gasteiger partial charge is 0.355 e. The molecule has 104 valence electrons. The second-order valence-electron chi connectivity index (χ2n) is 4.31. The summed E-state index contributed by atoms with van der Waals surface area (Å²) in [5, 5.41) is 5.55. The third kappa shape index (κ3) is 6.29. The Morgan fingerprint density at radius 3 is 2.58 bits per heavy atom. The van der Waals surface area contributed by atoms with Gasteiger partial charge in [-0.3, -0.25) is 9.59 Å². The molecule has 1 rings (SSSR count). The highest BCUT2D eigenvalue weighted by molar-refractivity contribution is 7.98. The summed E-state index contributed by atoms with van der Waals surface area (Å²) in [5.74, 6) is 0.681. The van der Waals surface area contributed by atoms with E-state index in [0.717, 1.165) is 11.4 Å². The topological polar surface area (TPSA) is 58.2 Å². The summed E-state index contributed by atoms with van der Waals surface area (Å²) >= 11 is 1.64. The standard InChI is InChI=1S/C14H20N2O2S/c1-11(10-19-2)14(18)15-9-8-13(17)16-12-6-4-3-5-7-12/h3-7,11H,8-10H2,1-2H3,(H,15,18)(H,16,17)/t11-/m1/s1. The van der Waals surface area contributed by atoms with E-state index in [1.54, 1.807) is 11.8 Å². The fourth-order valence-corrected chi connectivity index (χ4v) is 2.20. The normalized spacial score (nSPS) is 11.7. The lowest BCUT2D eigenvalue weighted by Gasteiger charge is -2.10. The predicted molar refractivity (Wildman–Crippen MR) is 80.2 cm³/mol. The summed E-state index contributed by atoms with van der Waals surface area (Å²) in [6.45, 7) is 2.26. The van der Waals surface area contributed by atoms with E-state index in [2.05, 4.69) is 10.6 Å². The minimum Gasteiger partial charge on any atom is -0.355 e. The molecule has 0 fully saturated rings. The Morgan fingerprint density at radius 2 is 1.95 bits per heavy atom. The van der Waals surface area contributed by atoms with E-state index in [4.69, 9.17) is 0 Å². The smallest absolute Gasteiger partial charge is 0.226 e. The van der Waals surface area contributed by atoms with Crippen LogP contribution in [-0.2, 0) is 9.59 Å². The minimum atomic E-state index is -0.0935. The van der Waals surface area contributed by atoms with Gasteiger partial charge in [-0.15, -0.1) is 0 Å². The van der Waals surface area contributed by atoms with Crippen LogP contribution >= 0.6 is 11.8 Å². The number of para-hydroxylation sites is 1. The summed E-state index contributed by atoms with van der Waals surface area (Å²) in [7, 11) is 0. The van der Waals surface area contributed by atoms with Gasteiger partial charge in [0.2, 0.25) is 11.8 Å². The number of nitrogens with one attached hydrogen (secondary N) is 2. The van der Waals surface area contributed by atoms with Crippen LogP contribution in [0, 0.1) is 5.92 Å². The second-order valence-corrected chi connectivity index (χ2v) is 5.22. The first-order valence-electron chi connectivity index (χ1n) is 6.25. The molecule has 0 aliphatic rings. The number of carbonyl (C=O) groups is 2. The van der Waals surface area contributed by atoms with E-state index in [-0.39, 0.29) is 24.2 Å². The van der Waals surface area contributed by atoms with Crippen LogP contribution in [0.2, 0.25) is 0 Å². The molecule has 0 spiro atoms. The van der Waals surface area contributed by atoms with Gasteiger partial charge in [0.25, 0.3) is 0 Å². The van der Waals surface area contributed by atoms with E-state index in [9.17, 15) is 9.59 Å². The molecule has 0 saturated heterocycles. The number of rotatable bonds is 7. The predicted octanol–water partition coefficient (Wildman–Crippen LogP) is 2.13. The summed E-state index contributed by atoms with van der Waals surface area (Å²) in [6.07, 6.45) is 2.25. The van der Waals surface area contributed by atoms with Crippen molar-refractivity contribution in [1.82, 2.24) is 5.32 Å². The van der Waals surface area contributed by atoms with Gasteiger partial charge in [0.15, 0.2) is 0 Å². The Labute approximate surface area is 118 Å². The number of carbonyl (C=O) groups excluding carboxylic acids is 2. The molecule has 2 amide bonds. The van der Waals surface area contributed by atoms with Crippen LogP contribution in [0.5, 0.6) is 0 Å². The van der Waals surface area contributed by atoms with Crippen molar-refractivity contribution in [2.75, 3.05) is 23.9 Å². The first kappa shape index (κ1) is 15.6. The average Bonchev–Trinajstić information content (AvgIpc) is 2.40. The van der Waals surface area contributed by atoms with Crippen molar-refractivity contribution in [3.63, 3.8) is 0 Å². The molecule has 0 bridgehead atoms. The van der Waals surface area contributed by atoms with Crippen molar-refractivity contribution >= 4 is 29.3 Å². The lowest BCUT2D eigenvalue weighted by molar-refractivity contribution is -0.123. The van der Waals surface area contributed by atoms with E-state index < -0.39 is 0 Å². The second kappa shape index (κ2) is 8.58. The first-order chi connectivity index (χ1) is 9.13. The summed E-state index contributed by atoms with van der Waals surface area (Å²) < 4.78 is 0. The SMILES string of the molecule is CSC[C@@H](C)C(=O)NCCC(=O)Nc1ccccc1. The number of anilines is 1. The van der Waals surface area contributed by atoms with Crippen LogP contribution in [0.1, 0.15) is 13.3 Å². The Kier molecular flexibility index (Phi) is 7.03. The van der Waals surface area contributed by atoms with Crippen molar-refractivity contribution in [2.45, 2.75) is 13.3 Å². The van der Waals surface area contributed by atoms with Crippen molar-refractivity contribution in [3.05, 3.63) is 30.3 Å². The summed E-state index contributed by atoms with van der Waals surface area (Å²) in [4.78, 5) is 23.2. The van der Waals surface area contributed by atoms with Crippen LogP contribution in [0.15, 0.2) is 30.3 Å². The molecule has 0 heterocycles. The van der Waals surface area contributed by atoms with E-state index in [1.165, 1.54) is 0 Å². The number of hydrogen-bond donors (Lipinski definition) is 2. The quantitative estimate of drug-likeness (QED) is 0.804. The highest BCUT2D eigenvalue weighted by Gasteiger charge is 2.11. The lowest BCUT2D eigenvalue weighted by Crippen LogP contribution is -2.32. The highest BCUT2D eigenvalue weighted by atomic mass is 32.2. The number of thioether (sulfide) groups is 1. The van der Waals surface area contributed by atoms with Gasteiger partial charge in [0.1, 0.15) is 0 Å². The molecule has 1 atom stereocenters. The Hall–Kier alpha value is -1.49.